The minimum Gasteiger partial charge on any atom is -0.325 e. The molecule has 0 spiro atoms. The molecule has 1 saturated heterocycles. The second kappa shape index (κ2) is 8.76. The predicted molar refractivity (Wildman–Crippen MR) is 120 cm³/mol. The maximum absolute atomic E-state index is 12.6. The number of hydrogen-bond acceptors (Lipinski definition) is 6. The number of nitrogens with one attached hydrogen (secondary N) is 1. The molecule has 3 N–H and O–H groups in total. The second-order valence-corrected chi connectivity index (χ2v) is 10.1. The Morgan fingerprint density at radius 3 is 2.38 bits per heavy atom. The van der Waals surface area contributed by atoms with Crippen LogP contribution in [0.5, 0.6) is 0 Å². The predicted octanol–water partition coefficient (Wildman–Crippen LogP) is 2.94. The third-order valence-electron chi connectivity index (χ3n) is 3.81. The van der Waals surface area contributed by atoms with E-state index >= 15 is 0 Å². The smallest absolute Gasteiger partial charge is 0.266 e. The Bertz CT molecular complexity index is 1110. The highest BCUT2D eigenvalue weighted by molar-refractivity contribution is 9.10. The fraction of sp³-hybridized carbons (Fsp3) is 0.0556. The average molecular weight is 512 g/mol. The van der Waals surface area contributed by atoms with Crippen molar-refractivity contribution in [1.29, 1.82) is 0 Å². The van der Waals surface area contributed by atoms with E-state index in [0.29, 0.717) is 10.6 Å². The van der Waals surface area contributed by atoms with Crippen LogP contribution in [0.4, 0.5) is 5.69 Å². The summed E-state index contributed by atoms with van der Waals surface area (Å²) in [6.07, 6.45) is 1.72. The molecule has 3 rings (SSSR count). The van der Waals surface area contributed by atoms with E-state index in [-0.39, 0.29) is 21.7 Å². The number of benzene rings is 2. The Balaban J connectivity index is 1.66. The third-order valence-corrected chi connectivity index (χ3v) is 6.65. The molecule has 1 fully saturated rings. The summed E-state index contributed by atoms with van der Waals surface area (Å²) in [4.78, 5) is 26.5. The Morgan fingerprint density at radius 1 is 1.17 bits per heavy atom. The molecule has 0 atom stereocenters. The first-order valence-corrected chi connectivity index (χ1v) is 11.6. The van der Waals surface area contributed by atoms with Crippen molar-refractivity contribution < 1.29 is 18.0 Å². The molecular formula is C18H14BrN3O4S3. The molecule has 2 amide bonds. The van der Waals surface area contributed by atoms with Crippen molar-refractivity contribution in [2.24, 2.45) is 5.14 Å². The number of hydrogen-bond donors (Lipinski definition) is 2. The topological polar surface area (TPSA) is 110 Å². The van der Waals surface area contributed by atoms with E-state index in [1.165, 1.54) is 29.2 Å². The molecule has 11 heteroatoms. The standard InChI is InChI=1S/C18H14BrN3O4S3/c19-12-3-1-11(2-4-12)9-15-17(24)22(18(27)28-15)10-16(23)21-13-5-7-14(8-6-13)29(20,25)26/h1-9H,10H2,(H,21,23)(H2,20,25,26)/b15-9-. The minimum atomic E-state index is -3.81. The lowest BCUT2D eigenvalue weighted by Crippen LogP contribution is -2.36. The minimum absolute atomic E-state index is 0.0643. The first-order valence-electron chi connectivity index (χ1n) is 8.07. The van der Waals surface area contributed by atoms with Gasteiger partial charge >= 0.3 is 0 Å². The van der Waals surface area contributed by atoms with Gasteiger partial charge in [0.25, 0.3) is 5.91 Å². The molecule has 0 unspecified atom stereocenters. The summed E-state index contributed by atoms with van der Waals surface area (Å²) in [6, 6.07) is 12.8. The molecular weight excluding hydrogens is 498 g/mol. The molecule has 0 saturated carbocycles. The highest BCUT2D eigenvalue weighted by atomic mass is 79.9. The van der Waals surface area contributed by atoms with Crippen LogP contribution >= 0.6 is 39.9 Å². The molecule has 1 heterocycles. The lowest BCUT2D eigenvalue weighted by molar-refractivity contribution is -0.126. The van der Waals surface area contributed by atoms with Gasteiger partial charge in [0.2, 0.25) is 15.9 Å². The lowest BCUT2D eigenvalue weighted by atomic mass is 10.2. The van der Waals surface area contributed by atoms with Crippen LogP contribution in [-0.4, -0.2) is 36.0 Å². The Hall–Kier alpha value is -2.05. The van der Waals surface area contributed by atoms with Crippen LogP contribution in [0.1, 0.15) is 5.56 Å². The van der Waals surface area contributed by atoms with Crippen molar-refractivity contribution in [1.82, 2.24) is 4.90 Å². The van der Waals surface area contributed by atoms with Crippen LogP contribution in [-0.2, 0) is 19.6 Å². The number of thioether (sulfide) groups is 1. The number of rotatable bonds is 5. The van der Waals surface area contributed by atoms with E-state index in [1.807, 2.05) is 24.3 Å². The molecule has 0 bridgehead atoms. The van der Waals surface area contributed by atoms with E-state index in [9.17, 15) is 18.0 Å². The summed E-state index contributed by atoms with van der Waals surface area (Å²) in [5.41, 5.74) is 1.21. The van der Waals surface area contributed by atoms with Crippen LogP contribution in [0.25, 0.3) is 6.08 Å². The number of nitrogens with zero attached hydrogens (tertiary/aromatic N) is 1. The Morgan fingerprint density at radius 2 is 1.79 bits per heavy atom. The van der Waals surface area contributed by atoms with Crippen molar-refractivity contribution in [2.45, 2.75) is 4.90 Å². The molecule has 0 aromatic heterocycles. The van der Waals surface area contributed by atoms with Gasteiger partial charge in [-0.25, -0.2) is 13.6 Å². The molecule has 1 aliphatic heterocycles. The normalized spacial score (nSPS) is 15.8. The Labute approximate surface area is 185 Å². The second-order valence-electron chi connectivity index (χ2n) is 5.94. The molecule has 2 aromatic carbocycles. The zero-order valence-corrected chi connectivity index (χ0v) is 18.7. The molecule has 1 aliphatic rings. The van der Waals surface area contributed by atoms with E-state index in [1.54, 1.807) is 6.08 Å². The molecule has 0 radical (unpaired) electrons. The third kappa shape index (κ3) is 5.52. The molecule has 2 aromatic rings. The summed E-state index contributed by atoms with van der Waals surface area (Å²) in [5.74, 6) is -0.808. The quantitative estimate of drug-likeness (QED) is 0.471. The van der Waals surface area contributed by atoms with E-state index in [4.69, 9.17) is 17.4 Å². The van der Waals surface area contributed by atoms with Gasteiger partial charge in [0.05, 0.1) is 9.80 Å². The number of primary sulfonamides is 1. The van der Waals surface area contributed by atoms with Crippen LogP contribution < -0.4 is 10.5 Å². The van der Waals surface area contributed by atoms with E-state index in [0.717, 1.165) is 21.8 Å². The first-order chi connectivity index (χ1) is 13.6. The van der Waals surface area contributed by atoms with E-state index in [2.05, 4.69) is 21.2 Å². The summed E-state index contributed by atoms with van der Waals surface area (Å²) in [5, 5.41) is 7.64. The zero-order valence-electron chi connectivity index (χ0n) is 14.7. The summed E-state index contributed by atoms with van der Waals surface area (Å²) in [7, 11) is -3.81. The van der Waals surface area contributed by atoms with Gasteiger partial charge < -0.3 is 5.32 Å². The molecule has 7 nitrogen and oxygen atoms in total. The Kier molecular flexibility index (Phi) is 6.54. The molecule has 150 valence electrons. The number of halogens is 1. The summed E-state index contributed by atoms with van der Waals surface area (Å²) < 4.78 is 23.8. The van der Waals surface area contributed by atoms with E-state index < -0.39 is 15.9 Å². The zero-order chi connectivity index (χ0) is 21.2. The van der Waals surface area contributed by atoms with Crippen LogP contribution in [0, 0.1) is 0 Å². The lowest BCUT2D eigenvalue weighted by Gasteiger charge is -2.14. The van der Waals surface area contributed by atoms with Crippen molar-refractivity contribution in [3.8, 4) is 0 Å². The number of amides is 2. The number of anilines is 1. The van der Waals surface area contributed by atoms with Gasteiger partial charge in [0, 0.05) is 10.2 Å². The average Bonchev–Trinajstić information content (AvgIpc) is 2.91. The van der Waals surface area contributed by atoms with Gasteiger partial charge in [-0.15, -0.1) is 0 Å². The SMILES string of the molecule is NS(=O)(=O)c1ccc(NC(=O)CN2C(=O)/C(=C/c3ccc(Br)cc3)SC2=S)cc1. The fourth-order valence-corrected chi connectivity index (χ4v) is 4.45. The number of carbonyl (C=O) groups is 2. The van der Waals surface area contributed by atoms with Gasteiger partial charge in [-0.1, -0.05) is 52.0 Å². The molecule has 0 aliphatic carbocycles. The van der Waals surface area contributed by atoms with Crippen molar-refractivity contribution in [2.75, 3.05) is 11.9 Å². The van der Waals surface area contributed by atoms with Gasteiger partial charge in [0.15, 0.2) is 0 Å². The highest BCUT2D eigenvalue weighted by Gasteiger charge is 2.33. The number of thiocarbonyl (C=S) groups is 1. The maximum atomic E-state index is 12.6. The summed E-state index contributed by atoms with van der Waals surface area (Å²) >= 11 is 9.72. The van der Waals surface area contributed by atoms with Crippen LogP contribution in [0.15, 0.2) is 62.8 Å². The monoisotopic (exact) mass is 511 g/mol. The number of carbonyl (C=O) groups excluding carboxylic acids is 2. The fourth-order valence-electron chi connectivity index (χ4n) is 2.42. The van der Waals surface area contributed by atoms with Crippen molar-refractivity contribution in [3.63, 3.8) is 0 Å². The number of sulfonamides is 1. The van der Waals surface area contributed by atoms with Gasteiger partial charge in [-0.05, 0) is 48.0 Å². The summed E-state index contributed by atoms with van der Waals surface area (Å²) in [6.45, 7) is -0.251. The van der Waals surface area contributed by atoms with Crippen molar-refractivity contribution in [3.05, 3.63) is 63.5 Å². The van der Waals surface area contributed by atoms with Crippen LogP contribution in [0.3, 0.4) is 0 Å². The maximum Gasteiger partial charge on any atom is 0.266 e. The highest BCUT2D eigenvalue weighted by Crippen LogP contribution is 2.32. The molecule has 29 heavy (non-hydrogen) atoms. The van der Waals surface area contributed by atoms with Gasteiger partial charge in [0.1, 0.15) is 10.9 Å². The van der Waals surface area contributed by atoms with Gasteiger partial charge in [-0.3, -0.25) is 14.5 Å². The van der Waals surface area contributed by atoms with Crippen LogP contribution in [0.2, 0.25) is 0 Å². The van der Waals surface area contributed by atoms with Crippen molar-refractivity contribution >= 4 is 77.8 Å². The number of nitrogens with two attached hydrogens (primary N) is 1. The first kappa shape index (κ1) is 21.7. The largest absolute Gasteiger partial charge is 0.325 e. The van der Waals surface area contributed by atoms with Gasteiger partial charge in [-0.2, -0.15) is 0 Å².